The zero-order valence-electron chi connectivity index (χ0n) is 10.8. The van der Waals surface area contributed by atoms with Crippen LogP contribution < -0.4 is 0 Å². The zero-order chi connectivity index (χ0) is 13.2. The number of hydrogen-bond acceptors (Lipinski definition) is 2. The van der Waals surface area contributed by atoms with Crippen molar-refractivity contribution in [3.8, 4) is 0 Å². The van der Waals surface area contributed by atoms with E-state index in [-0.39, 0.29) is 12.0 Å². The quantitative estimate of drug-likeness (QED) is 0.837. The number of amides is 1. The van der Waals surface area contributed by atoms with Gasteiger partial charge in [0.1, 0.15) is 6.10 Å². The second kappa shape index (κ2) is 5.63. The van der Waals surface area contributed by atoms with E-state index in [0.717, 1.165) is 43.4 Å². The Kier molecular flexibility index (Phi) is 3.89. The Morgan fingerprint density at radius 1 is 1.37 bits per heavy atom. The van der Waals surface area contributed by atoms with E-state index in [0.29, 0.717) is 5.92 Å². The van der Waals surface area contributed by atoms with E-state index in [9.17, 15) is 4.79 Å². The molecule has 1 aromatic rings. The molecule has 102 valence electrons. The van der Waals surface area contributed by atoms with Crippen LogP contribution in [-0.4, -0.2) is 36.6 Å². The molecule has 2 heterocycles. The fourth-order valence-electron chi connectivity index (χ4n) is 2.97. The summed E-state index contributed by atoms with van der Waals surface area (Å²) in [5.41, 5.74) is 1.32. The lowest BCUT2D eigenvalue weighted by molar-refractivity contribution is -0.139. The number of likely N-dealkylation sites (tertiary alicyclic amines) is 1. The Morgan fingerprint density at radius 2 is 2.26 bits per heavy atom. The average molecular weight is 324 g/mol. The number of benzene rings is 1. The smallest absolute Gasteiger partial charge is 0.251 e. The van der Waals surface area contributed by atoms with E-state index in [1.54, 1.807) is 0 Å². The summed E-state index contributed by atoms with van der Waals surface area (Å²) in [6.07, 6.45) is 2.77. The fraction of sp³-hybridized carbons (Fsp3) is 0.533. The first-order valence-electron chi connectivity index (χ1n) is 6.90. The Balaban J connectivity index is 1.65. The van der Waals surface area contributed by atoms with E-state index < -0.39 is 0 Å². The van der Waals surface area contributed by atoms with Crippen molar-refractivity contribution in [2.45, 2.75) is 31.3 Å². The van der Waals surface area contributed by atoms with Gasteiger partial charge < -0.3 is 9.64 Å². The molecule has 2 unspecified atom stereocenters. The molecule has 1 amide bonds. The van der Waals surface area contributed by atoms with Crippen LogP contribution in [0.1, 0.15) is 30.7 Å². The predicted octanol–water partition coefficient (Wildman–Crippen LogP) is 2.94. The molecule has 0 saturated carbocycles. The molecule has 0 spiro atoms. The van der Waals surface area contributed by atoms with Gasteiger partial charge in [0.05, 0.1) is 0 Å². The largest absolute Gasteiger partial charge is 0.368 e. The Labute approximate surface area is 122 Å². The average Bonchev–Trinajstić information content (AvgIpc) is 3.10. The van der Waals surface area contributed by atoms with Crippen molar-refractivity contribution in [1.29, 1.82) is 0 Å². The van der Waals surface area contributed by atoms with Gasteiger partial charge in [-0.1, -0.05) is 28.1 Å². The second-order valence-electron chi connectivity index (χ2n) is 5.33. The molecule has 0 bridgehead atoms. The molecule has 2 aliphatic heterocycles. The summed E-state index contributed by atoms with van der Waals surface area (Å²) in [5, 5.41) is 0. The molecule has 0 aliphatic carbocycles. The SMILES string of the molecule is O=C(C1CCCO1)N1CCC(c2cccc(Br)c2)C1. The van der Waals surface area contributed by atoms with E-state index in [1.165, 1.54) is 5.56 Å². The third kappa shape index (κ3) is 2.84. The number of halogens is 1. The summed E-state index contributed by atoms with van der Waals surface area (Å²) < 4.78 is 6.59. The van der Waals surface area contributed by atoms with Crippen molar-refractivity contribution in [1.82, 2.24) is 4.90 Å². The highest BCUT2D eigenvalue weighted by Crippen LogP contribution is 2.30. The van der Waals surface area contributed by atoms with Crippen LogP contribution in [0, 0.1) is 0 Å². The molecule has 2 saturated heterocycles. The van der Waals surface area contributed by atoms with Crippen LogP contribution in [-0.2, 0) is 9.53 Å². The number of carbonyl (C=O) groups excluding carboxylic acids is 1. The number of nitrogens with zero attached hydrogens (tertiary/aromatic N) is 1. The maximum absolute atomic E-state index is 12.3. The second-order valence-corrected chi connectivity index (χ2v) is 6.24. The van der Waals surface area contributed by atoms with Crippen molar-refractivity contribution < 1.29 is 9.53 Å². The molecule has 19 heavy (non-hydrogen) atoms. The minimum Gasteiger partial charge on any atom is -0.368 e. The monoisotopic (exact) mass is 323 g/mol. The van der Waals surface area contributed by atoms with E-state index in [1.807, 2.05) is 11.0 Å². The number of rotatable bonds is 2. The van der Waals surface area contributed by atoms with E-state index in [2.05, 4.69) is 34.1 Å². The molecule has 0 N–H and O–H groups in total. The summed E-state index contributed by atoms with van der Waals surface area (Å²) >= 11 is 3.51. The lowest BCUT2D eigenvalue weighted by Gasteiger charge is -2.20. The molecule has 4 heteroatoms. The van der Waals surface area contributed by atoms with Gasteiger partial charge in [-0.25, -0.2) is 0 Å². The standard InChI is InChI=1S/C15H18BrNO2/c16-13-4-1-3-11(9-13)12-6-7-17(10-12)15(18)14-5-2-8-19-14/h1,3-4,9,12,14H,2,5-8,10H2. The van der Waals surface area contributed by atoms with Gasteiger partial charge in [-0.15, -0.1) is 0 Å². The van der Waals surface area contributed by atoms with Gasteiger partial charge in [0.2, 0.25) is 0 Å². The molecule has 3 nitrogen and oxygen atoms in total. The van der Waals surface area contributed by atoms with E-state index in [4.69, 9.17) is 4.74 Å². The van der Waals surface area contributed by atoms with Crippen molar-refractivity contribution in [2.75, 3.05) is 19.7 Å². The molecule has 1 aromatic carbocycles. The van der Waals surface area contributed by atoms with Gasteiger partial charge in [0, 0.05) is 30.1 Å². The lowest BCUT2D eigenvalue weighted by Crippen LogP contribution is -2.37. The molecule has 0 aromatic heterocycles. The first-order valence-corrected chi connectivity index (χ1v) is 7.69. The highest BCUT2D eigenvalue weighted by molar-refractivity contribution is 9.10. The van der Waals surface area contributed by atoms with Crippen LogP contribution >= 0.6 is 15.9 Å². The van der Waals surface area contributed by atoms with Crippen molar-refractivity contribution in [3.05, 3.63) is 34.3 Å². The summed E-state index contributed by atoms with van der Waals surface area (Å²) in [6.45, 7) is 2.42. The van der Waals surface area contributed by atoms with Gasteiger partial charge in [0.15, 0.2) is 0 Å². The fourth-order valence-corrected chi connectivity index (χ4v) is 3.39. The normalized spacial score (nSPS) is 26.9. The summed E-state index contributed by atoms with van der Waals surface area (Å²) in [6, 6.07) is 8.40. The predicted molar refractivity (Wildman–Crippen MR) is 77.1 cm³/mol. The van der Waals surface area contributed by atoms with Crippen molar-refractivity contribution >= 4 is 21.8 Å². The van der Waals surface area contributed by atoms with Crippen molar-refractivity contribution in [2.24, 2.45) is 0 Å². The number of ether oxygens (including phenoxy) is 1. The van der Waals surface area contributed by atoms with Gasteiger partial charge in [-0.2, -0.15) is 0 Å². The third-order valence-corrected chi connectivity index (χ3v) is 4.52. The van der Waals surface area contributed by atoms with Crippen LogP contribution in [0.5, 0.6) is 0 Å². The van der Waals surface area contributed by atoms with Crippen molar-refractivity contribution in [3.63, 3.8) is 0 Å². The first kappa shape index (κ1) is 13.1. The molecular formula is C15H18BrNO2. The van der Waals surface area contributed by atoms with Gasteiger partial charge in [-0.05, 0) is 37.0 Å². The number of carbonyl (C=O) groups is 1. The lowest BCUT2D eigenvalue weighted by atomic mass is 9.99. The minimum absolute atomic E-state index is 0.179. The topological polar surface area (TPSA) is 29.5 Å². The number of hydrogen-bond donors (Lipinski definition) is 0. The Hall–Kier alpha value is -0.870. The maximum Gasteiger partial charge on any atom is 0.251 e. The summed E-state index contributed by atoms with van der Waals surface area (Å²) in [7, 11) is 0. The molecule has 3 rings (SSSR count). The van der Waals surface area contributed by atoms with Crippen LogP contribution in [0.4, 0.5) is 0 Å². The van der Waals surface area contributed by atoms with Crippen LogP contribution in [0.25, 0.3) is 0 Å². The van der Waals surface area contributed by atoms with Crippen LogP contribution in [0.3, 0.4) is 0 Å². The highest BCUT2D eigenvalue weighted by Gasteiger charge is 2.33. The summed E-state index contributed by atoms with van der Waals surface area (Å²) in [4.78, 5) is 14.3. The minimum atomic E-state index is -0.179. The summed E-state index contributed by atoms with van der Waals surface area (Å²) in [5.74, 6) is 0.651. The van der Waals surface area contributed by atoms with Gasteiger partial charge in [-0.3, -0.25) is 4.79 Å². The maximum atomic E-state index is 12.3. The molecule has 0 radical (unpaired) electrons. The van der Waals surface area contributed by atoms with Gasteiger partial charge in [0.25, 0.3) is 5.91 Å². The first-order chi connectivity index (χ1) is 9.24. The highest BCUT2D eigenvalue weighted by atomic mass is 79.9. The van der Waals surface area contributed by atoms with Crippen LogP contribution in [0.2, 0.25) is 0 Å². The van der Waals surface area contributed by atoms with E-state index >= 15 is 0 Å². The Bertz CT molecular complexity index is 471. The molecule has 2 fully saturated rings. The Morgan fingerprint density at radius 3 is 3.00 bits per heavy atom. The molecule has 2 aliphatic rings. The van der Waals surface area contributed by atoms with Crippen LogP contribution in [0.15, 0.2) is 28.7 Å². The third-order valence-electron chi connectivity index (χ3n) is 4.03. The molecule has 2 atom stereocenters. The van der Waals surface area contributed by atoms with Gasteiger partial charge >= 0.3 is 0 Å². The molecular weight excluding hydrogens is 306 g/mol. The zero-order valence-corrected chi connectivity index (χ0v) is 12.4.